The molecule has 0 bridgehead atoms. The Hall–Kier alpha value is -0.410. The zero-order chi connectivity index (χ0) is 21.4. The smallest absolute Gasteiger partial charge is 0.146 e. The number of rotatable bonds is 7. The van der Waals surface area contributed by atoms with Crippen LogP contribution in [-0.4, -0.2) is 40.5 Å². The third-order valence-electron chi connectivity index (χ3n) is 5.36. The average molecular weight is 370 g/mol. The second kappa shape index (κ2) is 7.91. The van der Waals surface area contributed by atoms with Gasteiger partial charge in [0.05, 0.1) is 12.2 Å². The molecule has 26 heavy (non-hydrogen) atoms. The van der Waals surface area contributed by atoms with Gasteiger partial charge in [-0.2, -0.15) is 0 Å². The maximum atomic E-state index is 12.7. The molecule has 0 amide bonds. The van der Waals surface area contributed by atoms with E-state index >= 15 is 0 Å². The van der Waals surface area contributed by atoms with E-state index in [9.17, 15) is 4.79 Å². The van der Waals surface area contributed by atoms with Crippen LogP contribution in [0.2, 0.25) is 0 Å². The molecule has 0 aliphatic heterocycles. The lowest BCUT2D eigenvalue weighted by atomic mass is 9.75. The molecule has 156 valence electrons. The number of ether oxygens (including phenoxy) is 1. The van der Waals surface area contributed by atoms with E-state index in [-0.39, 0.29) is 27.9 Å². The second-order valence-electron chi connectivity index (χ2n) is 12.2. The van der Waals surface area contributed by atoms with E-state index < -0.39 is 5.41 Å². The van der Waals surface area contributed by atoms with E-state index in [0.717, 1.165) is 6.54 Å². The van der Waals surface area contributed by atoms with Gasteiger partial charge in [-0.3, -0.25) is 9.69 Å². The number of carbonyl (C=O) groups excluding carboxylic acids is 1. The molecular formula is C23H47NO2. The molecule has 0 spiro atoms. The van der Waals surface area contributed by atoms with Crippen molar-refractivity contribution in [3.05, 3.63) is 0 Å². The maximum absolute atomic E-state index is 12.7. The molecule has 0 aromatic carbocycles. The minimum Gasteiger partial charge on any atom is -0.374 e. The monoisotopic (exact) mass is 369 g/mol. The highest BCUT2D eigenvalue weighted by molar-refractivity contribution is 5.88. The summed E-state index contributed by atoms with van der Waals surface area (Å²) < 4.78 is 6.35. The zero-order valence-electron chi connectivity index (χ0n) is 20.3. The average Bonchev–Trinajstić information content (AvgIpc) is 2.38. The minimum absolute atomic E-state index is 0.0874. The van der Waals surface area contributed by atoms with Gasteiger partial charge in [0.2, 0.25) is 0 Å². The van der Waals surface area contributed by atoms with Crippen LogP contribution in [0.3, 0.4) is 0 Å². The normalized spacial score (nSPS) is 16.1. The molecule has 1 atom stereocenters. The Bertz CT molecular complexity index is 456. The summed E-state index contributed by atoms with van der Waals surface area (Å²) in [6.07, 6.45) is 0. The molecular weight excluding hydrogens is 322 g/mol. The van der Waals surface area contributed by atoms with Crippen molar-refractivity contribution in [3.63, 3.8) is 0 Å². The Balaban J connectivity index is 5.19. The summed E-state index contributed by atoms with van der Waals surface area (Å²) in [6, 6.07) is 0. The molecule has 0 aliphatic rings. The Labute approximate surface area is 164 Å². The fraction of sp³-hybridized carbons (Fsp3) is 0.957. The van der Waals surface area contributed by atoms with Crippen LogP contribution < -0.4 is 0 Å². The Morgan fingerprint density at radius 2 is 1.19 bits per heavy atom. The van der Waals surface area contributed by atoms with Crippen LogP contribution in [0.15, 0.2) is 0 Å². The lowest BCUT2D eigenvalue weighted by Gasteiger charge is -2.49. The van der Waals surface area contributed by atoms with E-state index in [1.165, 1.54) is 0 Å². The van der Waals surface area contributed by atoms with Crippen molar-refractivity contribution in [2.24, 2.45) is 16.7 Å². The van der Waals surface area contributed by atoms with Gasteiger partial charge in [0, 0.05) is 28.5 Å². The molecule has 1 unspecified atom stereocenters. The lowest BCUT2D eigenvalue weighted by molar-refractivity contribution is -0.146. The molecule has 0 aromatic heterocycles. The van der Waals surface area contributed by atoms with Gasteiger partial charge in [-0.1, -0.05) is 41.5 Å². The van der Waals surface area contributed by atoms with E-state index in [0.29, 0.717) is 12.5 Å². The molecule has 0 rings (SSSR count). The number of hydrogen-bond acceptors (Lipinski definition) is 3. The van der Waals surface area contributed by atoms with Gasteiger partial charge in [-0.25, -0.2) is 0 Å². The van der Waals surface area contributed by atoms with Gasteiger partial charge in [0.25, 0.3) is 0 Å². The molecule has 0 saturated carbocycles. The predicted octanol–water partition coefficient (Wildman–Crippen LogP) is 5.96. The van der Waals surface area contributed by atoms with Crippen molar-refractivity contribution in [2.75, 3.05) is 13.2 Å². The van der Waals surface area contributed by atoms with Crippen LogP contribution >= 0.6 is 0 Å². The molecule has 3 heteroatoms. The highest BCUT2D eigenvalue weighted by Crippen LogP contribution is 2.34. The van der Waals surface area contributed by atoms with Crippen LogP contribution in [0.5, 0.6) is 0 Å². The van der Waals surface area contributed by atoms with E-state index in [1.807, 2.05) is 34.6 Å². The van der Waals surface area contributed by atoms with Crippen molar-refractivity contribution in [3.8, 4) is 0 Å². The first-order chi connectivity index (χ1) is 11.1. The van der Waals surface area contributed by atoms with E-state index in [4.69, 9.17) is 4.74 Å². The number of carbonyl (C=O) groups is 1. The first-order valence-electron chi connectivity index (χ1n) is 10.1. The molecule has 0 fully saturated rings. The highest BCUT2D eigenvalue weighted by Gasteiger charge is 2.40. The van der Waals surface area contributed by atoms with E-state index in [2.05, 4.69) is 67.2 Å². The van der Waals surface area contributed by atoms with Gasteiger partial charge < -0.3 is 4.74 Å². The van der Waals surface area contributed by atoms with Crippen LogP contribution in [0.4, 0.5) is 0 Å². The molecule has 0 aromatic rings. The van der Waals surface area contributed by atoms with Crippen molar-refractivity contribution in [2.45, 2.75) is 114 Å². The molecule has 0 heterocycles. The Morgan fingerprint density at radius 3 is 1.50 bits per heavy atom. The van der Waals surface area contributed by atoms with Crippen LogP contribution in [0.1, 0.15) is 96.9 Å². The van der Waals surface area contributed by atoms with Gasteiger partial charge in [-0.05, 0) is 61.3 Å². The third-order valence-corrected chi connectivity index (χ3v) is 5.36. The first kappa shape index (κ1) is 25.6. The molecule has 0 radical (unpaired) electrons. The standard InChI is InChI=1S/C23H47NO2/c1-17(15-24(20(5,6)7)21(8,9)10)23(13,14)26-16-22(11,12)18(25)19(2,3)4/h17H,15-16H2,1-14H3. The predicted molar refractivity (Wildman–Crippen MR) is 114 cm³/mol. The second-order valence-corrected chi connectivity index (χ2v) is 12.2. The van der Waals surface area contributed by atoms with Gasteiger partial charge in [-0.15, -0.1) is 0 Å². The number of nitrogens with zero attached hydrogens (tertiary/aromatic N) is 1. The van der Waals surface area contributed by atoms with Crippen LogP contribution in [0.25, 0.3) is 0 Å². The Morgan fingerprint density at radius 1 is 0.808 bits per heavy atom. The summed E-state index contributed by atoms with van der Waals surface area (Å²) in [4.78, 5) is 15.3. The summed E-state index contributed by atoms with van der Waals surface area (Å²) in [5.41, 5.74) is -0.959. The summed E-state index contributed by atoms with van der Waals surface area (Å²) in [5, 5.41) is 0. The van der Waals surface area contributed by atoms with Crippen molar-refractivity contribution < 1.29 is 9.53 Å². The maximum Gasteiger partial charge on any atom is 0.146 e. The fourth-order valence-corrected chi connectivity index (χ4v) is 3.64. The SMILES string of the molecule is CC(CN(C(C)(C)C)C(C)(C)C)C(C)(C)OCC(C)(C)C(=O)C(C)(C)C. The largest absolute Gasteiger partial charge is 0.374 e. The number of ketones is 1. The van der Waals surface area contributed by atoms with Gasteiger partial charge >= 0.3 is 0 Å². The third kappa shape index (κ3) is 7.31. The van der Waals surface area contributed by atoms with Gasteiger partial charge in [0.1, 0.15) is 5.78 Å². The molecule has 0 aliphatic carbocycles. The van der Waals surface area contributed by atoms with E-state index in [1.54, 1.807) is 0 Å². The first-order valence-corrected chi connectivity index (χ1v) is 10.1. The summed E-state index contributed by atoms with van der Waals surface area (Å²) in [5.74, 6) is 0.584. The topological polar surface area (TPSA) is 29.5 Å². The number of Topliss-reactive ketones (excluding diaryl/α,β-unsaturated/α-hetero) is 1. The molecule has 3 nitrogen and oxygen atoms in total. The highest BCUT2D eigenvalue weighted by atomic mass is 16.5. The van der Waals surface area contributed by atoms with Crippen LogP contribution in [-0.2, 0) is 9.53 Å². The Kier molecular flexibility index (Phi) is 7.79. The van der Waals surface area contributed by atoms with Crippen LogP contribution in [0, 0.1) is 16.7 Å². The minimum atomic E-state index is -0.483. The quantitative estimate of drug-likeness (QED) is 0.554. The van der Waals surface area contributed by atoms with Crippen molar-refractivity contribution >= 4 is 5.78 Å². The summed E-state index contributed by atoms with van der Waals surface area (Å²) >= 11 is 0. The zero-order valence-corrected chi connectivity index (χ0v) is 20.3. The summed E-state index contributed by atoms with van der Waals surface area (Å²) in [6.45, 7) is 31.5. The van der Waals surface area contributed by atoms with Gasteiger partial charge in [0.15, 0.2) is 0 Å². The molecule has 0 saturated heterocycles. The number of hydrogen-bond donors (Lipinski definition) is 0. The van der Waals surface area contributed by atoms with Crippen molar-refractivity contribution in [1.29, 1.82) is 0 Å². The fourth-order valence-electron chi connectivity index (χ4n) is 3.64. The van der Waals surface area contributed by atoms with Crippen molar-refractivity contribution in [1.82, 2.24) is 4.90 Å². The molecule has 0 N–H and O–H groups in total. The summed E-state index contributed by atoms with van der Waals surface area (Å²) in [7, 11) is 0. The lowest BCUT2D eigenvalue weighted by Crippen LogP contribution is -2.56.